The zero-order chi connectivity index (χ0) is 19.2. The maximum atomic E-state index is 12.3. The second-order valence-electron chi connectivity index (χ2n) is 5.97. The Hall–Kier alpha value is -2.70. The van der Waals surface area contributed by atoms with Gasteiger partial charge in [0.2, 0.25) is 0 Å². The highest BCUT2D eigenvalue weighted by Crippen LogP contribution is 2.28. The molecule has 3 rings (SSSR count). The molecule has 0 aliphatic carbocycles. The molecule has 1 unspecified atom stereocenters. The SMILES string of the molecule is COc1ccc(CCNC(=O)C2=CC(c3cccc(Cl)c3)ON2)cc1OC. The summed E-state index contributed by atoms with van der Waals surface area (Å²) in [5.74, 6) is 1.12. The van der Waals surface area contributed by atoms with E-state index in [1.165, 1.54) is 0 Å². The van der Waals surface area contributed by atoms with Crippen LogP contribution in [0.4, 0.5) is 0 Å². The van der Waals surface area contributed by atoms with E-state index in [1.807, 2.05) is 36.4 Å². The van der Waals surface area contributed by atoms with Crippen molar-refractivity contribution in [1.82, 2.24) is 10.8 Å². The van der Waals surface area contributed by atoms with Crippen molar-refractivity contribution in [3.8, 4) is 11.5 Å². The minimum absolute atomic E-state index is 0.222. The van der Waals surface area contributed by atoms with E-state index in [0.717, 1.165) is 11.1 Å². The molecule has 1 aliphatic heterocycles. The minimum Gasteiger partial charge on any atom is -0.493 e. The first-order valence-corrected chi connectivity index (χ1v) is 8.86. The molecule has 1 heterocycles. The van der Waals surface area contributed by atoms with Crippen LogP contribution in [0.2, 0.25) is 5.02 Å². The molecule has 1 aliphatic rings. The van der Waals surface area contributed by atoms with Crippen LogP contribution in [0.1, 0.15) is 17.2 Å². The third kappa shape index (κ3) is 4.72. The first-order valence-electron chi connectivity index (χ1n) is 8.48. The van der Waals surface area contributed by atoms with Crippen LogP contribution in [-0.4, -0.2) is 26.7 Å². The van der Waals surface area contributed by atoms with E-state index < -0.39 is 0 Å². The first kappa shape index (κ1) is 19.1. The summed E-state index contributed by atoms with van der Waals surface area (Å²) in [7, 11) is 3.19. The average molecular weight is 389 g/mol. The van der Waals surface area contributed by atoms with Gasteiger partial charge in [0.1, 0.15) is 11.8 Å². The van der Waals surface area contributed by atoms with Crippen molar-refractivity contribution >= 4 is 17.5 Å². The molecule has 1 amide bonds. The summed E-state index contributed by atoms with van der Waals surface area (Å²) in [5.41, 5.74) is 4.97. The predicted octanol–water partition coefficient (Wildman–Crippen LogP) is 3.18. The molecule has 0 fully saturated rings. The summed E-state index contributed by atoms with van der Waals surface area (Å²) in [4.78, 5) is 17.8. The number of hydrogen-bond donors (Lipinski definition) is 2. The highest BCUT2D eigenvalue weighted by molar-refractivity contribution is 6.30. The summed E-state index contributed by atoms with van der Waals surface area (Å²) in [6, 6.07) is 13.0. The topological polar surface area (TPSA) is 68.8 Å². The van der Waals surface area contributed by atoms with E-state index >= 15 is 0 Å². The van der Waals surface area contributed by atoms with Gasteiger partial charge in [-0.2, -0.15) is 0 Å². The molecule has 0 saturated heterocycles. The van der Waals surface area contributed by atoms with Crippen LogP contribution in [-0.2, 0) is 16.1 Å². The van der Waals surface area contributed by atoms with Gasteiger partial charge in [0.25, 0.3) is 5.91 Å². The Kier molecular flexibility index (Phi) is 6.21. The Bertz CT molecular complexity index is 854. The number of hydroxylamine groups is 1. The number of hydrogen-bond acceptors (Lipinski definition) is 5. The molecular weight excluding hydrogens is 368 g/mol. The summed E-state index contributed by atoms with van der Waals surface area (Å²) in [6.45, 7) is 0.481. The third-order valence-electron chi connectivity index (χ3n) is 4.18. The standard InChI is InChI=1S/C20H21ClN2O4/c1-25-17-7-6-13(10-19(17)26-2)8-9-22-20(24)16-12-18(27-23-16)14-4-3-5-15(21)11-14/h3-7,10-12,18,23H,8-9H2,1-2H3,(H,22,24). The Morgan fingerprint density at radius 1 is 1.19 bits per heavy atom. The van der Waals surface area contributed by atoms with Gasteiger partial charge in [-0.25, -0.2) is 0 Å². The van der Waals surface area contributed by atoms with E-state index in [1.54, 1.807) is 26.4 Å². The maximum Gasteiger partial charge on any atom is 0.269 e. The Morgan fingerprint density at radius 2 is 2.00 bits per heavy atom. The van der Waals surface area contributed by atoms with Crippen molar-refractivity contribution in [2.75, 3.05) is 20.8 Å². The molecule has 2 N–H and O–H groups in total. The largest absolute Gasteiger partial charge is 0.493 e. The lowest BCUT2D eigenvalue weighted by molar-refractivity contribution is -0.118. The van der Waals surface area contributed by atoms with Crippen molar-refractivity contribution in [1.29, 1.82) is 0 Å². The lowest BCUT2D eigenvalue weighted by Gasteiger charge is -2.10. The van der Waals surface area contributed by atoms with Crippen LogP contribution in [0.15, 0.2) is 54.2 Å². The summed E-state index contributed by atoms with van der Waals surface area (Å²) < 4.78 is 10.5. The lowest BCUT2D eigenvalue weighted by Crippen LogP contribution is -2.30. The fraction of sp³-hybridized carbons (Fsp3) is 0.250. The number of carbonyl (C=O) groups is 1. The lowest BCUT2D eigenvalue weighted by atomic mass is 10.1. The van der Waals surface area contributed by atoms with E-state index in [0.29, 0.717) is 35.2 Å². The van der Waals surface area contributed by atoms with Gasteiger partial charge in [-0.15, -0.1) is 0 Å². The molecule has 6 nitrogen and oxygen atoms in total. The zero-order valence-electron chi connectivity index (χ0n) is 15.1. The second-order valence-corrected chi connectivity index (χ2v) is 6.41. The van der Waals surface area contributed by atoms with E-state index in [9.17, 15) is 4.79 Å². The van der Waals surface area contributed by atoms with Crippen molar-refractivity contribution < 1.29 is 19.1 Å². The number of amides is 1. The Morgan fingerprint density at radius 3 is 2.74 bits per heavy atom. The molecule has 2 aromatic carbocycles. The van der Waals surface area contributed by atoms with Crippen molar-refractivity contribution in [3.05, 3.63) is 70.4 Å². The van der Waals surface area contributed by atoms with Gasteiger partial charge < -0.3 is 14.8 Å². The predicted molar refractivity (Wildman–Crippen MR) is 103 cm³/mol. The zero-order valence-corrected chi connectivity index (χ0v) is 15.9. The Labute approximate surface area is 163 Å². The average Bonchev–Trinajstić information content (AvgIpc) is 3.18. The molecular formula is C20H21ClN2O4. The van der Waals surface area contributed by atoms with Crippen LogP contribution in [0, 0.1) is 0 Å². The fourth-order valence-electron chi connectivity index (χ4n) is 2.77. The van der Waals surface area contributed by atoms with Gasteiger partial charge in [-0.1, -0.05) is 29.8 Å². The normalized spacial score (nSPS) is 15.7. The maximum absolute atomic E-state index is 12.3. The molecule has 0 saturated carbocycles. The van der Waals surface area contributed by atoms with Crippen LogP contribution in [0.5, 0.6) is 11.5 Å². The molecule has 27 heavy (non-hydrogen) atoms. The van der Waals surface area contributed by atoms with Gasteiger partial charge in [0, 0.05) is 11.6 Å². The van der Waals surface area contributed by atoms with E-state index in [-0.39, 0.29) is 12.0 Å². The van der Waals surface area contributed by atoms with Crippen molar-refractivity contribution in [2.45, 2.75) is 12.5 Å². The molecule has 7 heteroatoms. The fourth-order valence-corrected chi connectivity index (χ4v) is 2.97. The van der Waals surface area contributed by atoms with Crippen LogP contribution in [0.3, 0.4) is 0 Å². The number of carbonyl (C=O) groups excluding carboxylic acids is 1. The van der Waals surface area contributed by atoms with E-state index in [2.05, 4.69) is 10.8 Å². The van der Waals surface area contributed by atoms with Crippen LogP contribution in [0.25, 0.3) is 0 Å². The van der Waals surface area contributed by atoms with Gasteiger partial charge >= 0.3 is 0 Å². The quantitative estimate of drug-likeness (QED) is 0.762. The van der Waals surface area contributed by atoms with Crippen LogP contribution >= 0.6 is 11.6 Å². The van der Waals surface area contributed by atoms with Gasteiger partial charge in [-0.05, 0) is 47.9 Å². The van der Waals surface area contributed by atoms with Gasteiger partial charge in [-0.3, -0.25) is 15.1 Å². The van der Waals surface area contributed by atoms with Gasteiger partial charge in [0.15, 0.2) is 11.5 Å². The number of benzene rings is 2. The summed E-state index contributed by atoms with van der Waals surface area (Å²) >= 11 is 6.00. The molecule has 0 spiro atoms. The summed E-state index contributed by atoms with van der Waals surface area (Å²) in [5, 5.41) is 3.50. The first-order chi connectivity index (χ1) is 13.1. The highest BCUT2D eigenvalue weighted by atomic mass is 35.5. The Balaban J connectivity index is 1.55. The number of halogens is 1. The number of ether oxygens (including phenoxy) is 2. The molecule has 0 bridgehead atoms. The number of methoxy groups -OCH3 is 2. The number of nitrogens with one attached hydrogen (secondary N) is 2. The summed E-state index contributed by atoms with van der Waals surface area (Å²) in [6.07, 6.45) is 2.05. The van der Waals surface area contributed by atoms with Crippen molar-refractivity contribution in [2.24, 2.45) is 0 Å². The monoisotopic (exact) mass is 388 g/mol. The molecule has 142 valence electrons. The minimum atomic E-state index is -0.352. The smallest absolute Gasteiger partial charge is 0.269 e. The second kappa shape index (κ2) is 8.79. The third-order valence-corrected chi connectivity index (χ3v) is 4.42. The van der Waals surface area contributed by atoms with Crippen molar-refractivity contribution in [3.63, 3.8) is 0 Å². The van der Waals surface area contributed by atoms with Crippen LogP contribution < -0.4 is 20.3 Å². The van der Waals surface area contributed by atoms with E-state index in [4.69, 9.17) is 25.9 Å². The molecule has 0 aromatic heterocycles. The molecule has 1 atom stereocenters. The number of rotatable bonds is 7. The molecule has 0 radical (unpaired) electrons. The van der Waals surface area contributed by atoms with Gasteiger partial charge in [0.05, 0.1) is 14.2 Å². The molecule has 2 aromatic rings. The highest BCUT2D eigenvalue weighted by Gasteiger charge is 2.22.